The Morgan fingerprint density at radius 3 is 2.47 bits per heavy atom. The summed E-state index contributed by atoms with van der Waals surface area (Å²) in [6, 6.07) is 6.77. The molecule has 0 unspecified atom stereocenters. The van der Waals surface area contributed by atoms with Crippen molar-refractivity contribution in [2.24, 2.45) is 5.41 Å². The van der Waals surface area contributed by atoms with Gasteiger partial charge in [0, 0.05) is 24.2 Å². The smallest absolute Gasteiger partial charge is 0.0431 e. The third-order valence-corrected chi connectivity index (χ3v) is 4.92. The van der Waals surface area contributed by atoms with E-state index in [0.29, 0.717) is 11.3 Å². The quantitative estimate of drug-likeness (QED) is 0.875. The van der Waals surface area contributed by atoms with Crippen molar-refractivity contribution in [2.75, 3.05) is 31.1 Å². The summed E-state index contributed by atoms with van der Waals surface area (Å²) < 4.78 is 0. The van der Waals surface area contributed by atoms with Gasteiger partial charge >= 0.3 is 0 Å². The second-order valence-corrected chi connectivity index (χ2v) is 6.77. The lowest BCUT2D eigenvalue weighted by Crippen LogP contribution is -2.60. The molecule has 2 heterocycles. The van der Waals surface area contributed by atoms with Gasteiger partial charge in [-0.05, 0) is 49.9 Å². The Morgan fingerprint density at radius 1 is 1.16 bits per heavy atom. The molecule has 0 amide bonds. The predicted octanol–water partition coefficient (Wildman–Crippen LogP) is 3.31. The monoisotopic (exact) mass is 258 g/mol. The molecule has 19 heavy (non-hydrogen) atoms. The lowest BCUT2D eigenvalue weighted by atomic mass is 9.71. The molecule has 2 saturated heterocycles. The van der Waals surface area contributed by atoms with Gasteiger partial charge in [0.05, 0.1) is 0 Å². The summed E-state index contributed by atoms with van der Waals surface area (Å²) in [6.45, 7) is 11.8. The molecular weight excluding hydrogens is 232 g/mol. The van der Waals surface area contributed by atoms with Crippen molar-refractivity contribution in [3.8, 4) is 0 Å². The van der Waals surface area contributed by atoms with Gasteiger partial charge in [0.15, 0.2) is 0 Å². The molecule has 2 aliphatic heterocycles. The first-order valence-electron chi connectivity index (χ1n) is 7.66. The SMILES string of the molecule is Cc1cccc(C(C)C)c1N1CC2(CCNCC2)C1. The van der Waals surface area contributed by atoms with Crippen LogP contribution < -0.4 is 10.2 Å². The molecule has 3 rings (SSSR count). The minimum Gasteiger partial charge on any atom is -0.370 e. The highest BCUT2D eigenvalue weighted by Gasteiger charge is 2.44. The maximum absolute atomic E-state index is 3.49. The molecule has 1 aromatic carbocycles. The van der Waals surface area contributed by atoms with Crippen molar-refractivity contribution in [2.45, 2.75) is 39.5 Å². The molecule has 2 aliphatic rings. The Labute approximate surface area is 117 Å². The van der Waals surface area contributed by atoms with Gasteiger partial charge in [0.2, 0.25) is 0 Å². The highest BCUT2D eigenvalue weighted by Crippen LogP contribution is 2.44. The lowest BCUT2D eigenvalue weighted by Gasteiger charge is -2.54. The number of hydrogen-bond donors (Lipinski definition) is 1. The van der Waals surface area contributed by atoms with Gasteiger partial charge in [-0.25, -0.2) is 0 Å². The van der Waals surface area contributed by atoms with Crippen LogP contribution in [0.2, 0.25) is 0 Å². The van der Waals surface area contributed by atoms with E-state index in [1.54, 1.807) is 0 Å². The molecule has 0 saturated carbocycles. The van der Waals surface area contributed by atoms with Gasteiger partial charge in [0.1, 0.15) is 0 Å². The van der Waals surface area contributed by atoms with E-state index in [1.807, 2.05) is 0 Å². The highest BCUT2D eigenvalue weighted by atomic mass is 15.2. The van der Waals surface area contributed by atoms with Crippen LogP contribution in [0.1, 0.15) is 43.7 Å². The van der Waals surface area contributed by atoms with Crippen LogP contribution in [0, 0.1) is 12.3 Å². The van der Waals surface area contributed by atoms with Gasteiger partial charge in [0.25, 0.3) is 0 Å². The Balaban J connectivity index is 1.81. The molecule has 2 heteroatoms. The summed E-state index contributed by atoms with van der Waals surface area (Å²) in [5.41, 5.74) is 5.09. The Bertz CT molecular complexity index is 450. The summed E-state index contributed by atoms with van der Waals surface area (Å²) in [5.74, 6) is 0.611. The average molecular weight is 258 g/mol. The third-order valence-electron chi connectivity index (χ3n) is 4.92. The minimum absolute atomic E-state index is 0.611. The Kier molecular flexibility index (Phi) is 3.30. The first-order valence-corrected chi connectivity index (χ1v) is 7.66. The zero-order valence-corrected chi connectivity index (χ0v) is 12.5. The molecule has 0 atom stereocenters. The van der Waals surface area contributed by atoms with Crippen LogP contribution in [0.5, 0.6) is 0 Å². The fourth-order valence-electron chi connectivity index (χ4n) is 3.77. The molecule has 0 radical (unpaired) electrons. The third kappa shape index (κ3) is 2.27. The normalized spacial score (nSPS) is 21.8. The van der Waals surface area contributed by atoms with E-state index in [2.05, 4.69) is 49.2 Å². The highest BCUT2D eigenvalue weighted by molar-refractivity contribution is 5.62. The van der Waals surface area contributed by atoms with Gasteiger partial charge in [-0.15, -0.1) is 0 Å². The van der Waals surface area contributed by atoms with Crippen LogP contribution in [-0.4, -0.2) is 26.2 Å². The zero-order valence-electron chi connectivity index (χ0n) is 12.5. The van der Waals surface area contributed by atoms with Crippen molar-refractivity contribution < 1.29 is 0 Å². The topological polar surface area (TPSA) is 15.3 Å². The zero-order chi connectivity index (χ0) is 13.5. The second-order valence-electron chi connectivity index (χ2n) is 6.77. The van der Waals surface area contributed by atoms with E-state index in [0.717, 1.165) is 0 Å². The van der Waals surface area contributed by atoms with Gasteiger partial charge < -0.3 is 10.2 Å². The van der Waals surface area contributed by atoms with E-state index >= 15 is 0 Å². The summed E-state index contributed by atoms with van der Waals surface area (Å²) in [5, 5.41) is 3.49. The molecule has 0 bridgehead atoms. The molecular formula is C17H26N2. The number of para-hydroxylation sites is 1. The van der Waals surface area contributed by atoms with Crippen LogP contribution in [0.3, 0.4) is 0 Å². The summed E-state index contributed by atoms with van der Waals surface area (Å²) >= 11 is 0. The van der Waals surface area contributed by atoms with Crippen molar-refractivity contribution in [1.29, 1.82) is 0 Å². The van der Waals surface area contributed by atoms with Crippen molar-refractivity contribution >= 4 is 5.69 Å². The number of rotatable bonds is 2. The average Bonchev–Trinajstić information content (AvgIpc) is 2.36. The van der Waals surface area contributed by atoms with Crippen LogP contribution in [0.25, 0.3) is 0 Å². The first kappa shape index (κ1) is 13.0. The minimum atomic E-state index is 0.611. The molecule has 2 fully saturated rings. The maximum Gasteiger partial charge on any atom is 0.0431 e. The van der Waals surface area contributed by atoms with Crippen molar-refractivity contribution in [1.82, 2.24) is 5.32 Å². The fourth-order valence-corrected chi connectivity index (χ4v) is 3.77. The number of anilines is 1. The standard InChI is InChI=1S/C17H26N2/c1-13(2)15-6-4-5-14(3)16(15)19-11-17(12-19)7-9-18-10-8-17/h4-6,13,18H,7-12H2,1-3H3. The van der Waals surface area contributed by atoms with Crippen LogP contribution in [-0.2, 0) is 0 Å². The number of nitrogens with one attached hydrogen (secondary N) is 1. The van der Waals surface area contributed by atoms with Crippen LogP contribution in [0.15, 0.2) is 18.2 Å². The number of piperidine rings is 1. The number of nitrogens with zero attached hydrogens (tertiary/aromatic N) is 1. The number of benzene rings is 1. The Morgan fingerprint density at radius 2 is 1.84 bits per heavy atom. The van der Waals surface area contributed by atoms with E-state index in [4.69, 9.17) is 0 Å². The molecule has 0 aliphatic carbocycles. The van der Waals surface area contributed by atoms with E-state index < -0.39 is 0 Å². The molecule has 1 N–H and O–H groups in total. The summed E-state index contributed by atoms with van der Waals surface area (Å²) in [7, 11) is 0. The predicted molar refractivity (Wildman–Crippen MR) is 82.0 cm³/mol. The van der Waals surface area contributed by atoms with Gasteiger partial charge in [-0.2, -0.15) is 0 Å². The summed E-state index contributed by atoms with van der Waals surface area (Å²) in [4.78, 5) is 2.62. The first-order chi connectivity index (χ1) is 9.11. The number of aryl methyl sites for hydroxylation is 1. The fraction of sp³-hybridized carbons (Fsp3) is 0.647. The molecule has 104 valence electrons. The van der Waals surface area contributed by atoms with E-state index in [9.17, 15) is 0 Å². The summed E-state index contributed by atoms with van der Waals surface area (Å²) in [6.07, 6.45) is 2.71. The Hall–Kier alpha value is -1.02. The van der Waals surface area contributed by atoms with Crippen LogP contribution >= 0.6 is 0 Å². The largest absolute Gasteiger partial charge is 0.370 e. The van der Waals surface area contributed by atoms with E-state index in [-0.39, 0.29) is 0 Å². The van der Waals surface area contributed by atoms with Crippen molar-refractivity contribution in [3.63, 3.8) is 0 Å². The lowest BCUT2D eigenvalue weighted by molar-refractivity contribution is 0.149. The number of hydrogen-bond acceptors (Lipinski definition) is 2. The molecule has 1 spiro atoms. The van der Waals surface area contributed by atoms with Gasteiger partial charge in [-0.1, -0.05) is 32.0 Å². The molecule has 2 nitrogen and oxygen atoms in total. The van der Waals surface area contributed by atoms with E-state index in [1.165, 1.54) is 55.8 Å². The maximum atomic E-state index is 3.49. The second kappa shape index (κ2) is 4.82. The van der Waals surface area contributed by atoms with Crippen LogP contribution in [0.4, 0.5) is 5.69 Å². The molecule has 1 aromatic rings. The molecule has 0 aromatic heterocycles. The van der Waals surface area contributed by atoms with Gasteiger partial charge in [-0.3, -0.25) is 0 Å². The van der Waals surface area contributed by atoms with Crippen molar-refractivity contribution in [3.05, 3.63) is 29.3 Å².